The van der Waals surface area contributed by atoms with Crippen molar-refractivity contribution < 1.29 is 9.13 Å². The van der Waals surface area contributed by atoms with E-state index in [1.165, 1.54) is 17.7 Å². The SMILES string of the molecule is CN=C(NCc1ccc(F)cc1)NCC1CCCOC1c1ccccc1. The summed E-state index contributed by atoms with van der Waals surface area (Å²) in [5, 5.41) is 6.68. The van der Waals surface area contributed by atoms with E-state index in [9.17, 15) is 4.39 Å². The minimum absolute atomic E-state index is 0.118. The lowest BCUT2D eigenvalue weighted by atomic mass is 9.89. The largest absolute Gasteiger partial charge is 0.373 e. The van der Waals surface area contributed by atoms with Gasteiger partial charge in [0, 0.05) is 32.7 Å². The van der Waals surface area contributed by atoms with Crippen molar-refractivity contribution in [2.45, 2.75) is 25.5 Å². The van der Waals surface area contributed by atoms with Crippen molar-refractivity contribution in [3.05, 3.63) is 71.5 Å². The Balaban J connectivity index is 1.54. The van der Waals surface area contributed by atoms with Gasteiger partial charge in [0.1, 0.15) is 5.82 Å². The molecule has 26 heavy (non-hydrogen) atoms. The Morgan fingerprint density at radius 2 is 1.88 bits per heavy atom. The fourth-order valence-electron chi connectivity index (χ4n) is 3.30. The maximum Gasteiger partial charge on any atom is 0.191 e. The van der Waals surface area contributed by atoms with Crippen molar-refractivity contribution in [2.24, 2.45) is 10.9 Å². The second-order valence-corrected chi connectivity index (χ2v) is 6.54. The zero-order valence-corrected chi connectivity index (χ0v) is 15.1. The number of benzene rings is 2. The summed E-state index contributed by atoms with van der Waals surface area (Å²) in [6, 6.07) is 16.9. The molecule has 0 radical (unpaired) electrons. The number of guanidine groups is 1. The number of nitrogens with one attached hydrogen (secondary N) is 2. The molecule has 1 saturated heterocycles. The highest BCUT2D eigenvalue weighted by molar-refractivity contribution is 5.79. The Morgan fingerprint density at radius 1 is 1.12 bits per heavy atom. The summed E-state index contributed by atoms with van der Waals surface area (Å²) in [4.78, 5) is 4.28. The summed E-state index contributed by atoms with van der Waals surface area (Å²) in [7, 11) is 1.76. The third kappa shape index (κ3) is 5.05. The molecule has 0 bridgehead atoms. The van der Waals surface area contributed by atoms with E-state index in [2.05, 4.69) is 39.9 Å². The number of ether oxygens (including phenoxy) is 1. The van der Waals surface area contributed by atoms with E-state index in [4.69, 9.17) is 4.74 Å². The van der Waals surface area contributed by atoms with Crippen LogP contribution in [0, 0.1) is 11.7 Å². The molecule has 0 aliphatic carbocycles. The molecule has 2 N–H and O–H groups in total. The van der Waals surface area contributed by atoms with Crippen molar-refractivity contribution in [2.75, 3.05) is 20.2 Å². The monoisotopic (exact) mass is 355 g/mol. The fourth-order valence-corrected chi connectivity index (χ4v) is 3.30. The Morgan fingerprint density at radius 3 is 2.62 bits per heavy atom. The predicted molar refractivity (Wildman–Crippen MR) is 102 cm³/mol. The maximum absolute atomic E-state index is 13.0. The Kier molecular flexibility index (Phi) is 6.61. The number of halogens is 1. The van der Waals surface area contributed by atoms with Gasteiger partial charge in [0.25, 0.3) is 0 Å². The van der Waals surface area contributed by atoms with Crippen LogP contribution in [0.1, 0.15) is 30.1 Å². The van der Waals surface area contributed by atoms with Gasteiger partial charge in [-0.05, 0) is 36.1 Å². The Bertz CT molecular complexity index is 703. The third-order valence-electron chi connectivity index (χ3n) is 4.70. The Labute approximate surface area is 154 Å². The first-order valence-corrected chi connectivity index (χ1v) is 9.12. The average molecular weight is 355 g/mol. The zero-order chi connectivity index (χ0) is 18.2. The van der Waals surface area contributed by atoms with Gasteiger partial charge in [0.15, 0.2) is 5.96 Å². The van der Waals surface area contributed by atoms with Crippen LogP contribution < -0.4 is 10.6 Å². The second kappa shape index (κ2) is 9.34. The second-order valence-electron chi connectivity index (χ2n) is 6.54. The lowest BCUT2D eigenvalue weighted by Gasteiger charge is -2.32. The van der Waals surface area contributed by atoms with Crippen LogP contribution in [0.5, 0.6) is 0 Å². The molecule has 2 aromatic rings. The van der Waals surface area contributed by atoms with E-state index in [1.807, 2.05) is 6.07 Å². The van der Waals surface area contributed by atoms with Crippen LogP contribution in [-0.4, -0.2) is 26.2 Å². The summed E-state index contributed by atoms with van der Waals surface area (Å²) in [5.74, 6) is 0.919. The van der Waals surface area contributed by atoms with Crippen LogP contribution in [0.4, 0.5) is 4.39 Å². The third-order valence-corrected chi connectivity index (χ3v) is 4.70. The minimum atomic E-state index is -0.222. The molecule has 5 heteroatoms. The highest BCUT2D eigenvalue weighted by atomic mass is 19.1. The summed E-state index contributed by atoms with van der Waals surface area (Å²) >= 11 is 0. The molecule has 0 saturated carbocycles. The lowest BCUT2D eigenvalue weighted by Crippen LogP contribution is -2.41. The molecule has 0 amide bonds. The molecular formula is C21H26FN3O. The molecule has 1 heterocycles. The van der Waals surface area contributed by atoms with Gasteiger partial charge in [-0.3, -0.25) is 4.99 Å². The minimum Gasteiger partial charge on any atom is -0.373 e. The summed E-state index contributed by atoms with van der Waals surface area (Å²) in [5.41, 5.74) is 2.24. The van der Waals surface area contributed by atoms with Gasteiger partial charge in [-0.25, -0.2) is 4.39 Å². The van der Waals surface area contributed by atoms with E-state index in [0.717, 1.165) is 37.5 Å². The van der Waals surface area contributed by atoms with Crippen LogP contribution in [0.25, 0.3) is 0 Å². The highest BCUT2D eigenvalue weighted by Gasteiger charge is 2.27. The van der Waals surface area contributed by atoms with Gasteiger partial charge in [-0.15, -0.1) is 0 Å². The molecule has 1 fully saturated rings. The highest BCUT2D eigenvalue weighted by Crippen LogP contribution is 2.32. The fraction of sp³-hybridized carbons (Fsp3) is 0.381. The molecule has 2 aromatic carbocycles. The zero-order valence-electron chi connectivity index (χ0n) is 15.1. The number of hydrogen-bond acceptors (Lipinski definition) is 2. The molecule has 0 spiro atoms. The van der Waals surface area contributed by atoms with Gasteiger partial charge in [-0.1, -0.05) is 42.5 Å². The summed E-state index contributed by atoms with van der Waals surface area (Å²) in [6.07, 6.45) is 2.33. The first kappa shape index (κ1) is 18.4. The molecule has 2 atom stereocenters. The molecule has 1 aliphatic heterocycles. The normalized spacial score (nSPS) is 20.6. The van der Waals surface area contributed by atoms with Crippen LogP contribution in [-0.2, 0) is 11.3 Å². The van der Waals surface area contributed by atoms with Crippen LogP contribution >= 0.6 is 0 Å². The van der Waals surface area contributed by atoms with Crippen LogP contribution in [0.15, 0.2) is 59.6 Å². The summed E-state index contributed by atoms with van der Waals surface area (Å²) < 4.78 is 19.0. The van der Waals surface area contributed by atoms with Gasteiger partial charge in [0.2, 0.25) is 0 Å². The smallest absolute Gasteiger partial charge is 0.191 e. The number of rotatable bonds is 5. The number of nitrogens with zero attached hydrogens (tertiary/aromatic N) is 1. The molecule has 4 nitrogen and oxygen atoms in total. The van der Waals surface area contributed by atoms with E-state index in [-0.39, 0.29) is 11.9 Å². The van der Waals surface area contributed by atoms with Gasteiger partial charge < -0.3 is 15.4 Å². The van der Waals surface area contributed by atoms with Crippen LogP contribution in [0.2, 0.25) is 0 Å². The predicted octanol–water partition coefficient (Wildman–Crippen LogP) is 3.66. The van der Waals surface area contributed by atoms with Crippen molar-refractivity contribution in [3.63, 3.8) is 0 Å². The standard InChI is InChI=1S/C21H26FN3O/c1-23-21(24-14-16-9-11-19(22)12-10-16)25-15-18-8-5-13-26-20(18)17-6-3-2-4-7-17/h2-4,6-7,9-12,18,20H,5,8,13-15H2,1H3,(H2,23,24,25). The van der Waals surface area contributed by atoms with E-state index in [1.54, 1.807) is 19.2 Å². The van der Waals surface area contributed by atoms with Crippen molar-refractivity contribution >= 4 is 5.96 Å². The van der Waals surface area contributed by atoms with E-state index >= 15 is 0 Å². The Hall–Kier alpha value is -2.40. The molecule has 3 rings (SSSR count). The molecule has 138 valence electrons. The molecule has 1 aliphatic rings. The number of aliphatic imine (C=N–C) groups is 1. The number of hydrogen-bond donors (Lipinski definition) is 2. The summed E-state index contributed by atoms with van der Waals surface area (Å²) in [6.45, 7) is 2.21. The van der Waals surface area contributed by atoms with Gasteiger partial charge in [0.05, 0.1) is 6.10 Å². The first-order valence-electron chi connectivity index (χ1n) is 9.12. The van der Waals surface area contributed by atoms with Gasteiger partial charge >= 0.3 is 0 Å². The van der Waals surface area contributed by atoms with E-state index in [0.29, 0.717) is 12.5 Å². The molecule has 2 unspecified atom stereocenters. The molecule has 0 aromatic heterocycles. The van der Waals surface area contributed by atoms with Gasteiger partial charge in [-0.2, -0.15) is 0 Å². The quantitative estimate of drug-likeness (QED) is 0.636. The average Bonchev–Trinajstić information content (AvgIpc) is 2.70. The lowest BCUT2D eigenvalue weighted by molar-refractivity contribution is -0.0265. The maximum atomic E-state index is 13.0. The van der Waals surface area contributed by atoms with Crippen molar-refractivity contribution in [3.8, 4) is 0 Å². The van der Waals surface area contributed by atoms with Crippen molar-refractivity contribution in [1.82, 2.24) is 10.6 Å². The topological polar surface area (TPSA) is 45.7 Å². The molecular weight excluding hydrogens is 329 g/mol. The van der Waals surface area contributed by atoms with E-state index < -0.39 is 0 Å². The van der Waals surface area contributed by atoms with Crippen molar-refractivity contribution in [1.29, 1.82) is 0 Å². The first-order chi connectivity index (χ1) is 12.8. The van der Waals surface area contributed by atoms with Crippen LogP contribution in [0.3, 0.4) is 0 Å².